The van der Waals surface area contributed by atoms with Gasteiger partial charge in [0.15, 0.2) is 0 Å². The SMILES string of the molecule is NC(=O)NCC1(N)CCC1. The molecule has 4 heteroatoms. The molecule has 1 aliphatic rings. The van der Waals surface area contributed by atoms with Crippen molar-refractivity contribution in [3.05, 3.63) is 0 Å². The molecular weight excluding hydrogens is 130 g/mol. The van der Waals surface area contributed by atoms with Crippen LogP contribution >= 0.6 is 0 Å². The molecule has 0 bridgehead atoms. The number of carbonyl (C=O) groups excluding carboxylic acids is 1. The number of rotatable bonds is 2. The van der Waals surface area contributed by atoms with Crippen LogP contribution in [0.4, 0.5) is 4.79 Å². The Morgan fingerprint density at radius 1 is 1.60 bits per heavy atom. The number of amides is 2. The van der Waals surface area contributed by atoms with Crippen molar-refractivity contribution in [3.63, 3.8) is 0 Å². The summed E-state index contributed by atoms with van der Waals surface area (Å²) < 4.78 is 0. The lowest BCUT2D eigenvalue weighted by Gasteiger charge is -2.37. The number of primary amides is 1. The van der Waals surface area contributed by atoms with Gasteiger partial charge in [-0.1, -0.05) is 0 Å². The van der Waals surface area contributed by atoms with E-state index in [4.69, 9.17) is 11.5 Å². The smallest absolute Gasteiger partial charge is 0.312 e. The topological polar surface area (TPSA) is 81.1 Å². The van der Waals surface area contributed by atoms with Gasteiger partial charge in [-0.15, -0.1) is 0 Å². The van der Waals surface area contributed by atoms with E-state index in [-0.39, 0.29) is 5.54 Å². The van der Waals surface area contributed by atoms with Crippen LogP contribution in [0.1, 0.15) is 19.3 Å². The highest BCUT2D eigenvalue weighted by atomic mass is 16.2. The number of hydrogen-bond acceptors (Lipinski definition) is 2. The van der Waals surface area contributed by atoms with Crippen molar-refractivity contribution in [2.45, 2.75) is 24.8 Å². The number of hydrogen-bond donors (Lipinski definition) is 3. The maximum Gasteiger partial charge on any atom is 0.312 e. The van der Waals surface area contributed by atoms with E-state index < -0.39 is 6.03 Å². The van der Waals surface area contributed by atoms with Gasteiger partial charge < -0.3 is 16.8 Å². The first-order chi connectivity index (χ1) is 4.62. The van der Waals surface area contributed by atoms with Crippen molar-refractivity contribution in [1.29, 1.82) is 0 Å². The molecule has 1 aliphatic carbocycles. The van der Waals surface area contributed by atoms with E-state index in [0.717, 1.165) is 19.3 Å². The Hall–Kier alpha value is -0.770. The minimum absolute atomic E-state index is 0.158. The van der Waals surface area contributed by atoms with Crippen LogP contribution in [0.3, 0.4) is 0 Å². The van der Waals surface area contributed by atoms with Gasteiger partial charge in [-0.2, -0.15) is 0 Å². The third kappa shape index (κ3) is 1.60. The standard InChI is InChI=1S/C6H13N3O/c7-5(10)9-4-6(8)2-1-3-6/h1-4,8H2,(H3,7,9,10). The molecule has 1 saturated carbocycles. The van der Waals surface area contributed by atoms with Gasteiger partial charge in [0.05, 0.1) is 0 Å². The van der Waals surface area contributed by atoms with Gasteiger partial charge in [-0.05, 0) is 19.3 Å². The molecule has 0 spiro atoms. The Kier molecular flexibility index (Phi) is 1.80. The molecular formula is C6H13N3O. The second-order valence-electron chi connectivity index (χ2n) is 2.93. The lowest BCUT2D eigenvalue weighted by molar-refractivity contribution is 0.223. The number of urea groups is 1. The van der Waals surface area contributed by atoms with Gasteiger partial charge in [0.25, 0.3) is 0 Å². The Labute approximate surface area is 59.9 Å². The van der Waals surface area contributed by atoms with Crippen LogP contribution in [0.25, 0.3) is 0 Å². The summed E-state index contributed by atoms with van der Waals surface area (Å²) in [6.45, 7) is 0.516. The zero-order chi connectivity index (χ0) is 7.61. The summed E-state index contributed by atoms with van der Waals surface area (Å²) in [4.78, 5) is 10.2. The highest BCUT2D eigenvalue weighted by Gasteiger charge is 2.32. The first-order valence-electron chi connectivity index (χ1n) is 3.45. The van der Waals surface area contributed by atoms with Gasteiger partial charge in [-0.25, -0.2) is 4.79 Å². The van der Waals surface area contributed by atoms with Crippen molar-refractivity contribution >= 4 is 6.03 Å². The molecule has 0 radical (unpaired) electrons. The van der Waals surface area contributed by atoms with Crippen LogP contribution in [0, 0.1) is 0 Å². The molecule has 0 atom stereocenters. The molecule has 2 amide bonds. The van der Waals surface area contributed by atoms with Crippen LogP contribution in [0.15, 0.2) is 0 Å². The predicted octanol–water partition coefficient (Wildman–Crippen LogP) is -0.464. The molecule has 0 aromatic rings. The number of nitrogens with two attached hydrogens (primary N) is 2. The summed E-state index contributed by atoms with van der Waals surface area (Å²) in [5.74, 6) is 0. The van der Waals surface area contributed by atoms with Gasteiger partial charge in [0, 0.05) is 12.1 Å². The Morgan fingerprint density at radius 2 is 2.20 bits per heavy atom. The van der Waals surface area contributed by atoms with E-state index in [1.807, 2.05) is 0 Å². The Morgan fingerprint density at radius 3 is 2.50 bits per heavy atom. The molecule has 10 heavy (non-hydrogen) atoms. The molecule has 58 valence electrons. The molecule has 0 saturated heterocycles. The second kappa shape index (κ2) is 2.46. The van der Waals surface area contributed by atoms with Crippen LogP contribution < -0.4 is 16.8 Å². The summed E-state index contributed by atoms with van der Waals surface area (Å²) in [6.07, 6.45) is 3.15. The maximum absolute atomic E-state index is 10.2. The summed E-state index contributed by atoms with van der Waals surface area (Å²) in [5, 5.41) is 2.50. The van der Waals surface area contributed by atoms with Crippen molar-refractivity contribution in [2.24, 2.45) is 11.5 Å². The van der Waals surface area contributed by atoms with E-state index >= 15 is 0 Å². The molecule has 0 aliphatic heterocycles. The van der Waals surface area contributed by atoms with Gasteiger partial charge in [0.1, 0.15) is 0 Å². The highest BCUT2D eigenvalue weighted by molar-refractivity contribution is 5.71. The average molecular weight is 143 g/mol. The molecule has 4 nitrogen and oxygen atoms in total. The van der Waals surface area contributed by atoms with E-state index in [1.165, 1.54) is 0 Å². The van der Waals surface area contributed by atoms with Gasteiger partial charge >= 0.3 is 6.03 Å². The first-order valence-corrected chi connectivity index (χ1v) is 3.45. The third-order valence-corrected chi connectivity index (χ3v) is 1.96. The van der Waals surface area contributed by atoms with Crippen molar-refractivity contribution in [3.8, 4) is 0 Å². The number of carbonyl (C=O) groups is 1. The summed E-state index contributed by atoms with van der Waals surface area (Å²) in [5.41, 5.74) is 10.5. The Bertz CT molecular complexity index is 142. The molecule has 5 N–H and O–H groups in total. The largest absolute Gasteiger partial charge is 0.352 e. The predicted molar refractivity (Wildman–Crippen MR) is 38.4 cm³/mol. The molecule has 1 rings (SSSR count). The second-order valence-corrected chi connectivity index (χ2v) is 2.93. The molecule has 0 aromatic carbocycles. The van der Waals surface area contributed by atoms with Crippen LogP contribution in [-0.4, -0.2) is 18.1 Å². The highest BCUT2D eigenvalue weighted by Crippen LogP contribution is 2.27. The van der Waals surface area contributed by atoms with Gasteiger partial charge in [0.2, 0.25) is 0 Å². The maximum atomic E-state index is 10.2. The molecule has 1 fully saturated rings. The fourth-order valence-corrected chi connectivity index (χ4v) is 1.07. The zero-order valence-corrected chi connectivity index (χ0v) is 5.89. The van der Waals surface area contributed by atoms with Crippen LogP contribution in [0.5, 0.6) is 0 Å². The lowest BCUT2D eigenvalue weighted by atomic mass is 9.78. The van der Waals surface area contributed by atoms with Crippen molar-refractivity contribution < 1.29 is 4.79 Å². The van der Waals surface area contributed by atoms with E-state index in [0.29, 0.717) is 6.54 Å². The van der Waals surface area contributed by atoms with E-state index in [1.54, 1.807) is 0 Å². The monoisotopic (exact) mass is 143 g/mol. The molecule has 0 aromatic heterocycles. The van der Waals surface area contributed by atoms with E-state index in [9.17, 15) is 4.79 Å². The van der Waals surface area contributed by atoms with E-state index in [2.05, 4.69) is 5.32 Å². The summed E-state index contributed by atoms with van der Waals surface area (Å²) in [6, 6.07) is -0.489. The van der Waals surface area contributed by atoms with Crippen molar-refractivity contribution in [1.82, 2.24) is 5.32 Å². The minimum Gasteiger partial charge on any atom is -0.352 e. The molecule has 0 unspecified atom stereocenters. The fourth-order valence-electron chi connectivity index (χ4n) is 1.07. The summed E-state index contributed by atoms with van der Waals surface area (Å²) in [7, 11) is 0. The lowest BCUT2D eigenvalue weighted by Crippen LogP contribution is -2.55. The number of nitrogens with one attached hydrogen (secondary N) is 1. The normalized spacial score (nSPS) is 21.3. The van der Waals surface area contributed by atoms with Crippen LogP contribution in [-0.2, 0) is 0 Å². The minimum atomic E-state index is -0.489. The average Bonchev–Trinajstić information content (AvgIpc) is 1.79. The quantitative estimate of drug-likeness (QED) is 0.488. The Balaban J connectivity index is 2.18. The fraction of sp³-hybridized carbons (Fsp3) is 0.833. The van der Waals surface area contributed by atoms with Gasteiger partial charge in [-0.3, -0.25) is 0 Å². The van der Waals surface area contributed by atoms with Crippen LogP contribution in [0.2, 0.25) is 0 Å². The first kappa shape index (κ1) is 7.34. The summed E-state index contributed by atoms with van der Waals surface area (Å²) >= 11 is 0. The van der Waals surface area contributed by atoms with Crippen molar-refractivity contribution in [2.75, 3.05) is 6.54 Å². The molecule has 0 heterocycles. The zero-order valence-electron chi connectivity index (χ0n) is 5.89. The third-order valence-electron chi connectivity index (χ3n) is 1.96.